The topological polar surface area (TPSA) is 68.6 Å². The Balaban J connectivity index is 2.09. The highest BCUT2D eigenvalue weighted by atomic mass is 19.1. The second-order valence-corrected chi connectivity index (χ2v) is 7.26. The normalized spacial score (nSPS) is 12.5. The van der Waals surface area contributed by atoms with Crippen molar-refractivity contribution in [1.29, 1.82) is 5.26 Å². The van der Waals surface area contributed by atoms with Gasteiger partial charge in [0.2, 0.25) is 5.60 Å². The molecule has 0 aliphatic carbocycles. The van der Waals surface area contributed by atoms with Gasteiger partial charge in [0.25, 0.3) is 0 Å². The number of benzene rings is 2. The molecule has 0 amide bonds. The molecule has 1 atom stereocenters. The molecule has 2 aromatic carbocycles. The number of hydrogen-bond acceptors (Lipinski definition) is 5. The Labute approximate surface area is 177 Å². The van der Waals surface area contributed by atoms with Gasteiger partial charge >= 0.3 is 5.97 Å². The van der Waals surface area contributed by atoms with E-state index in [0.717, 1.165) is 31.7 Å². The molecular weight excluding hydrogens is 385 g/mol. The number of nitrogens with zero attached hydrogens (tertiary/aromatic N) is 1. The average Bonchev–Trinajstić information content (AvgIpc) is 2.75. The minimum absolute atomic E-state index is 0.0231. The van der Waals surface area contributed by atoms with E-state index in [1.165, 1.54) is 12.1 Å². The highest BCUT2D eigenvalue weighted by Gasteiger charge is 2.36. The molecule has 5 nitrogen and oxygen atoms in total. The average molecular weight is 413 g/mol. The zero-order chi connectivity index (χ0) is 22.0. The summed E-state index contributed by atoms with van der Waals surface area (Å²) in [6, 6.07) is 12.5. The maximum atomic E-state index is 14.0. The van der Waals surface area contributed by atoms with E-state index in [2.05, 4.69) is 6.92 Å². The van der Waals surface area contributed by atoms with E-state index in [4.69, 9.17) is 19.5 Å². The maximum Gasteiger partial charge on any atom is 0.350 e. The van der Waals surface area contributed by atoms with Gasteiger partial charge in [0.1, 0.15) is 11.5 Å². The Morgan fingerprint density at radius 2 is 1.73 bits per heavy atom. The van der Waals surface area contributed by atoms with Gasteiger partial charge in [-0.15, -0.1) is 0 Å². The first kappa shape index (κ1) is 23.2. The molecule has 0 bridgehead atoms. The Morgan fingerprint density at radius 1 is 1.07 bits per heavy atom. The lowest BCUT2D eigenvalue weighted by Gasteiger charge is -2.28. The van der Waals surface area contributed by atoms with Crippen molar-refractivity contribution in [1.82, 2.24) is 0 Å². The van der Waals surface area contributed by atoms with E-state index in [0.29, 0.717) is 24.5 Å². The van der Waals surface area contributed by atoms with Crippen molar-refractivity contribution in [3.63, 3.8) is 0 Å². The number of hydrogen-bond donors (Lipinski definition) is 0. The lowest BCUT2D eigenvalue weighted by molar-refractivity contribution is -0.161. The second-order valence-electron chi connectivity index (χ2n) is 7.26. The molecular formula is C24H28FNO4. The fourth-order valence-electron chi connectivity index (χ4n) is 2.79. The van der Waals surface area contributed by atoms with Crippen LogP contribution in [0, 0.1) is 17.1 Å². The van der Waals surface area contributed by atoms with Crippen LogP contribution in [0.4, 0.5) is 4.39 Å². The molecule has 160 valence electrons. The summed E-state index contributed by atoms with van der Waals surface area (Å²) in [5, 5.41) is 8.82. The van der Waals surface area contributed by atoms with Gasteiger partial charge in [0.05, 0.1) is 18.2 Å². The number of nitriles is 1. The summed E-state index contributed by atoms with van der Waals surface area (Å²) in [5.41, 5.74) is -0.855. The van der Waals surface area contributed by atoms with E-state index < -0.39 is 11.4 Å². The van der Waals surface area contributed by atoms with E-state index in [9.17, 15) is 9.18 Å². The van der Waals surface area contributed by atoms with E-state index in [1.807, 2.05) is 13.0 Å². The van der Waals surface area contributed by atoms with E-state index in [1.54, 1.807) is 31.2 Å². The third kappa shape index (κ3) is 6.48. The van der Waals surface area contributed by atoms with E-state index in [-0.39, 0.29) is 17.3 Å². The summed E-state index contributed by atoms with van der Waals surface area (Å²) in [5.74, 6) is -0.0592. The molecule has 2 rings (SSSR count). The second kappa shape index (κ2) is 11.2. The number of halogens is 1. The first-order chi connectivity index (χ1) is 14.4. The molecule has 0 spiro atoms. The Morgan fingerprint density at radius 3 is 2.33 bits per heavy atom. The third-order valence-corrected chi connectivity index (χ3v) is 4.63. The molecule has 0 saturated carbocycles. The van der Waals surface area contributed by atoms with Gasteiger partial charge < -0.3 is 14.2 Å². The lowest BCUT2D eigenvalue weighted by atomic mass is 9.98. The summed E-state index contributed by atoms with van der Waals surface area (Å²) >= 11 is 0. The van der Waals surface area contributed by atoms with Gasteiger partial charge in [-0.25, -0.2) is 9.18 Å². The monoisotopic (exact) mass is 413 g/mol. The summed E-state index contributed by atoms with van der Waals surface area (Å²) in [4.78, 5) is 12.6. The molecule has 0 fully saturated rings. The molecule has 0 aliphatic heterocycles. The molecule has 30 heavy (non-hydrogen) atoms. The van der Waals surface area contributed by atoms with Crippen LogP contribution >= 0.6 is 0 Å². The summed E-state index contributed by atoms with van der Waals surface area (Å²) in [6.07, 6.45) is 4.07. The number of rotatable bonds is 11. The minimum atomic E-state index is -1.08. The molecule has 2 aromatic rings. The van der Waals surface area contributed by atoms with Crippen molar-refractivity contribution < 1.29 is 23.4 Å². The Kier molecular flexibility index (Phi) is 8.67. The summed E-state index contributed by atoms with van der Waals surface area (Å²) in [6.45, 7) is 6.21. The Bertz CT molecular complexity index is 876. The summed E-state index contributed by atoms with van der Waals surface area (Å²) < 4.78 is 31.0. The van der Waals surface area contributed by atoms with Crippen LogP contribution in [0.3, 0.4) is 0 Å². The number of ether oxygens (including phenoxy) is 3. The van der Waals surface area contributed by atoms with Gasteiger partial charge in [0.15, 0.2) is 11.6 Å². The van der Waals surface area contributed by atoms with Gasteiger partial charge in [-0.3, -0.25) is 0 Å². The first-order valence-corrected chi connectivity index (χ1v) is 10.3. The molecule has 0 N–H and O–H groups in total. The summed E-state index contributed by atoms with van der Waals surface area (Å²) in [7, 11) is 0. The fraction of sp³-hybridized carbons (Fsp3) is 0.417. The van der Waals surface area contributed by atoms with Crippen LogP contribution in [0.1, 0.15) is 58.4 Å². The van der Waals surface area contributed by atoms with Crippen molar-refractivity contribution in [3.05, 3.63) is 53.8 Å². The maximum absolute atomic E-state index is 14.0. The quantitative estimate of drug-likeness (QED) is 0.326. The van der Waals surface area contributed by atoms with Crippen LogP contribution < -0.4 is 9.47 Å². The molecule has 0 radical (unpaired) electrons. The predicted octanol–water partition coefficient (Wildman–Crippen LogP) is 6.16. The van der Waals surface area contributed by atoms with Gasteiger partial charge in [-0.1, -0.05) is 26.7 Å². The standard InChI is InChI=1S/C24H28FNO4/c1-4-6-14-24(3,23(27)28-15-7-5-2)30-20-11-9-19(10-12-20)29-22-13-8-18(17-26)16-21(22)25/h8-13,16H,4-7,14-15H2,1-3H3/t24-/m1/s1. The third-order valence-electron chi connectivity index (χ3n) is 4.63. The zero-order valence-electron chi connectivity index (χ0n) is 17.7. The van der Waals surface area contributed by atoms with Crippen LogP contribution in [-0.2, 0) is 9.53 Å². The van der Waals surface area contributed by atoms with Crippen LogP contribution in [0.2, 0.25) is 0 Å². The lowest BCUT2D eigenvalue weighted by Crippen LogP contribution is -2.43. The highest BCUT2D eigenvalue weighted by molar-refractivity contribution is 5.79. The van der Waals surface area contributed by atoms with Crippen LogP contribution in [0.15, 0.2) is 42.5 Å². The molecule has 6 heteroatoms. The molecule has 0 aliphatic rings. The SMILES string of the molecule is CCCCOC(=O)[C@@](C)(CCCC)Oc1ccc(Oc2ccc(C#N)cc2F)cc1. The van der Waals surface area contributed by atoms with E-state index >= 15 is 0 Å². The van der Waals surface area contributed by atoms with Crippen molar-refractivity contribution in [2.75, 3.05) is 6.61 Å². The smallest absolute Gasteiger partial charge is 0.350 e. The van der Waals surface area contributed by atoms with Gasteiger partial charge in [-0.2, -0.15) is 5.26 Å². The highest BCUT2D eigenvalue weighted by Crippen LogP contribution is 2.29. The largest absolute Gasteiger partial charge is 0.476 e. The van der Waals surface area contributed by atoms with Crippen molar-refractivity contribution in [2.45, 2.75) is 58.5 Å². The van der Waals surface area contributed by atoms with Gasteiger partial charge in [-0.05, 0) is 68.7 Å². The predicted molar refractivity (Wildman–Crippen MR) is 112 cm³/mol. The zero-order valence-corrected chi connectivity index (χ0v) is 17.7. The van der Waals surface area contributed by atoms with Gasteiger partial charge in [0, 0.05) is 0 Å². The Hall–Kier alpha value is -3.07. The van der Waals surface area contributed by atoms with Crippen molar-refractivity contribution in [3.8, 4) is 23.3 Å². The van der Waals surface area contributed by atoms with Crippen LogP contribution in [0.25, 0.3) is 0 Å². The number of carbonyl (C=O) groups is 1. The number of esters is 1. The molecule has 0 unspecified atom stereocenters. The fourth-order valence-corrected chi connectivity index (χ4v) is 2.79. The van der Waals surface area contributed by atoms with Crippen molar-refractivity contribution >= 4 is 5.97 Å². The first-order valence-electron chi connectivity index (χ1n) is 10.3. The number of unbranched alkanes of at least 4 members (excludes halogenated alkanes) is 2. The van der Waals surface area contributed by atoms with Crippen LogP contribution in [-0.4, -0.2) is 18.2 Å². The van der Waals surface area contributed by atoms with Crippen LogP contribution in [0.5, 0.6) is 17.2 Å². The molecule has 0 heterocycles. The molecule has 0 saturated heterocycles. The van der Waals surface area contributed by atoms with Crippen molar-refractivity contribution in [2.24, 2.45) is 0 Å². The molecule has 0 aromatic heterocycles. The minimum Gasteiger partial charge on any atom is -0.476 e. The number of carbonyl (C=O) groups excluding carboxylic acids is 1.